The van der Waals surface area contributed by atoms with Crippen LogP contribution in [-0.2, 0) is 4.79 Å². The van der Waals surface area contributed by atoms with Gasteiger partial charge in [0.25, 0.3) is 0 Å². The molecule has 0 unspecified atom stereocenters. The van der Waals surface area contributed by atoms with E-state index in [1.165, 1.54) is 19.3 Å². The second-order valence-corrected chi connectivity index (χ2v) is 4.56. The molecule has 0 aliphatic carbocycles. The summed E-state index contributed by atoms with van der Waals surface area (Å²) in [5, 5.41) is 0. The van der Waals surface area contributed by atoms with Gasteiger partial charge < -0.3 is 4.90 Å². The summed E-state index contributed by atoms with van der Waals surface area (Å²) in [5.41, 5.74) is 0. The Morgan fingerprint density at radius 3 is 2.50 bits per heavy atom. The summed E-state index contributed by atoms with van der Waals surface area (Å²) in [6.07, 6.45) is 3.75. The predicted molar refractivity (Wildman–Crippen MR) is 56.0 cm³/mol. The molecule has 3 nitrogen and oxygen atoms in total. The second kappa shape index (κ2) is 4.30. The highest BCUT2D eigenvalue weighted by Crippen LogP contribution is 2.19. The number of carbonyl (C=O) groups is 1. The lowest BCUT2D eigenvalue weighted by molar-refractivity contribution is -0.138. The van der Waals surface area contributed by atoms with Gasteiger partial charge in [-0.05, 0) is 38.3 Å². The zero-order valence-electron chi connectivity index (χ0n) is 9.04. The third-order valence-corrected chi connectivity index (χ3v) is 3.44. The molecule has 0 aromatic carbocycles. The first kappa shape index (κ1) is 9.97. The third-order valence-electron chi connectivity index (χ3n) is 3.44. The molecule has 2 heterocycles. The lowest BCUT2D eigenvalue weighted by Crippen LogP contribution is -2.52. The van der Waals surface area contributed by atoms with Gasteiger partial charge in [0.1, 0.15) is 0 Å². The van der Waals surface area contributed by atoms with E-state index in [0.717, 1.165) is 32.1 Å². The van der Waals surface area contributed by atoms with E-state index in [1.54, 1.807) is 0 Å². The minimum absolute atomic E-state index is 0.344. The molecule has 2 aliphatic heterocycles. The fraction of sp³-hybridized carbons (Fsp3) is 0.909. The first-order valence-corrected chi connectivity index (χ1v) is 5.79. The molecule has 2 rings (SSSR count). The highest BCUT2D eigenvalue weighted by molar-refractivity contribution is 5.79. The molecule has 0 spiro atoms. The van der Waals surface area contributed by atoms with Gasteiger partial charge in [0.2, 0.25) is 5.91 Å². The van der Waals surface area contributed by atoms with E-state index in [0.29, 0.717) is 12.5 Å². The number of carbonyl (C=O) groups excluding carboxylic acids is 1. The molecule has 2 saturated heterocycles. The minimum atomic E-state index is 0.344. The lowest BCUT2D eigenvalue weighted by Gasteiger charge is -2.39. The van der Waals surface area contributed by atoms with Crippen molar-refractivity contribution in [1.29, 1.82) is 0 Å². The van der Waals surface area contributed by atoms with Crippen molar-refractivity contribution >= 4 is 5.91 Å². The summed E-state index contributed by atoms with van der Waals surface area (Å²) in [5.74, 6) is 1.12. The molecular formula is C11H20N2O. The Morgan fingerprint density at radius 2 is 1.93 bits per heavy atom. The molecule has 0 bridgehead atoms. The molecular weight excluding hydrogens is 176 g/mol. The Hall–Kier alpha value is -0.570. The molecule has 0 aromatic rings. The summed E-state index contributed by atoms with van der Waals surface area (Å²) >= 11 is 0. The number of nitrogens with zero attached hydrogens (tertiary/aromatic N) is 2. The van der Waals surface area contributed by atoms with E-state index in [2.05, 4.69) is 11.8 Å². The molecule has 0 atom stereocenters. The lowest BCUT2D eigenvalue weighted by atomic mass is 9.97. The van der Waals surface area contributed by atoms with Crippen molar-refractivity contribution in [2.24, 2.45) is 5.92 Å². The quantitative estimate of drug-likeness (QED) is 0.671. The topological polar surface area (TPSA) is 23.6 Å². The van der Waals surface area contributed by atoms with Crippen LogP contribution in [0.3, 0.4) is 0 Å². The zero-order valence-corrected chi connectivity index (χ0v) is 9.04. The van der Waals surface area contributed by atoms with E-state index >= 15 is 0 Å². The second-order valence-electron chi connectivity index (χ2n) is 4.56. The standard InChI is InChI=1S/C11H20N2O/c1-2-10-7-13(8-10)11(14)9-12-5-3-4-6-12/h10H,2-9H2,1H3. The van der Waals surface area contributed by atoms with Crippen LogP contribution in [-0.4, -0.2) is 48.4 Å². The van der Waals surface area contributed by atoms with Gasteiger partial charge in [0.05, 0.1) is 6.54 Å². The van der Waals surface area contributed by atoms with Gasteiger partial charge in [0, 0.05) is 13.1 Å². The zero-order chi connectivity index (χ0) is 9.97. The predicted octanol–water partition coefficient (Wildman–Crippen LogP) is 0.951. The molecule has 0 N–H and O–H groups in total. The van der Waals surface area contributed by atoms with Crippen molar-refractivity contribution in [2.45, 2.75) is 26.2 Å². The maximum atomic E-state index is 11.7. The average Bonchev–Trinajstić information content (AvgIpc) is 2.54. The van der Waals surface area contributed by atoms with Crippen molar-refractivity contribution in [1.82, 2.24) is 9.80 Å². The molecule has 2 fully saturated rings. The van der Waals surface area contributed by atoms with Gasteiger partial charge in [-0.2, -0.15) is 0 Å². The summed E-state index contributed by atoms with van der Waals surface area (Å²) in [6, 6.07) is 0. The smallest absolute Gasteiger partial charge is 0.236 e. The summed E-state index contributed by atoms with van der Waals surface area (Å²) in [4.78, 5) is 16.0. The van der Waals surface area contributed by atoms with Crippen LogP contribution in [0.25, 0.3) is 0 Å². The number of hydrogen-bond donors (Lipinski definition) is 0. The number of hydrogen-bond acceptors (Lipinski definition) is 2. The van der Waals surface area contributed by atoms with Crippen LogP contribution in [0.4, 0.5) is 0 Å². The van der Waals surface area contributed by atoms with E-state index in [1.807, 2.05) is 4.90 Å². The number of likely N-dealkylation sites (tertiary alicyclic amines) is 2. The number of rotatable bonds is 3. The van der Waals surface area contributed by atoms with E-state index in [9.17, 15) is 4.79 Å². The number of amides is 1. The molecule has 2 aliphatic rings. The van der Waals surface area contributed by atoms with Crippen molar-refractivity contribution in [2.75, 3.05) is 32.7 Å². The van der Waals surface area contributed by atoms with Gasteiger partial charge >= 0.3 is 0 Å². The Balaban J connectivity index is 1.69. The van der Waals surface area contributed by atoms with Crippen molar-refractivity contribution in [3.05, 3.63) is 0 Å². The maximum Gasteiger partial charge on any atom is 0.236 e. The van der Waals surface area contributed by atoms with Gasteiger partial charge in [-0.15, -0.1) is 0 Å². The molecule has 14 heavy (non-hydrogen) atoms. The molecule has 0 saturated carbocycles. The maximum absolute atomic E-state index is 11.7. The van der Waals surface area contributed by atoms with Crippen LogP contribution in [0.15, 0.2) is 0 Å². The van der Waals surface area contributed by atoms with Crippen molar-refractivity contribution < 1.29 is 4.79 Å². The Labute approximate surface area is 86.1 Å². The summed E-state index contributed by atoms with van der Waals surface area (Å²) in [6.45, 7) is 7.11. The summed E-state index contributed by atoms with van der Waals surface area (Å²) in [7, 11) is 0. The van der Waals surface area contributed by atoms with Crippen LogP contribution in [0.5, 0.6) is 0 Å². The van der Waals surface area contributed by atoms with Crippen LogP contribution < -0.4 is 0 Å². The van der Waals surface area contributed by atoms with Crippen LogP contribution in [0.2, 0.25) is 0 Å². The summed E-state index contributed by atoms with van der Waals surface area (Å²) < 4.78 is 0. The van der Waals surface area contributed by atoms with E-state index in [-0.39, 0.29) is 0 Å². The fourth-order valence-electron chi connectivity index (χ4n) is 2.26. The minimum Gasteiger partial charge on any atom is -0.341 e. The average molecular weight is 196 g/mol. The molecule has 80 valence electrons. The SMILES string of the molecule is CCC1CN(C(=O)CN2CCCC2)C1. The van der Waals surface area contributed by atoms with Crippen molar-refractivity contribution in [3.8, 4) is 0 Å². The molecule has 1 amide bonds. The molecule has 3 heteroatoms. The molecule has 0 radical (unpaired) electrons. The van der Waals surface area contributed by atoms with E-state index in [4.69, 9.17) is 0 Å². The Kier molecular flexibility index (Phi) is 3.06. The largest absolute Gasteiger partial charge is 0.341 e. The highest BCUT2D eigenvalue weighted by atomic mass is 16.2. The Morgan fingerprint density at radius 1 is 1.29 bits per heavy atom. The van der Waals surface area contributed by atoms with Gasteiger partial charge in [-0.1, -0.05) is 6.92 Å². The van der Waals surface area contributed by atoms with E-state index < -0.39 is 0 Å². The highest BCUT2D eigenvalue weighted by Gasteiger charge is 2.30. The molecule has 0 aromatic heterocycles. The third kappa shape index (κ3) is 2.08. The van der Waals surface area contributed by atoms with Gasteiger partial charge in [-0.3, -0.25) is 9.69 Å². The first-order chi connectivity index (χ1) is 6.79. The van der Waals surface area contributed by atoms with Crippen molar-refractivity contribution in [3.63, 3.8) is 0 Å². The monoisotopic (exact) mass is 196 g/mol. The normalized spacial score (nSPS) is 23.9. The Bertz CT molecular complexity index is 205. The van der Waals surface area contributed by atoms with Gasteiger partial charge in [-0.25, -0.2) is 0 Å². The van der Waals surface area contributed by atoms with Gasteiger partial charge in [0.15, 0.2) is 0 Å². The van der Waals surface area contributed by atoms with Crippen LogP contribution in [0.1, 0.15) is 26.2 Å². The van der Waals surface area contributed by atoms with Crippen LogP contribution in [0, 0.1) is 5.92 Å². The first-order valence-electron chi connectivity index (χ1n) is 5.79. The van der Waals surface area contributed by atoms with Crippen LogP contribution >= 0.6 is 0 Å². The fourth-order valence-corrected chi connectivity index (χ4v) is 2.26.